The maximum atomic E-state index is 5.41. The molecular formula is C9H17NO. The van der Waals surface area contributed by atoms with Crippen molar-refractivity contribution in [3.63, 3.8) is 0 Å². The van der Waals surface area contributed by atoms with Gasteiger partial charge in [-0.25, -0.2) is 0 Å². The predicted molar refractivity (Wildman–Crippen MR) is 44.5 cm³/mol. The summed E-state index contributed by atoms with van der Waals surface area (Å²) in [5.74, 6) is 1.75. The van der Waals surface area contributed by atoms with E-state index in [4.69, 9.17) is 4.74 Å². The zero-order valence-electron chi connectivity index (χ0n) is 7.18. The van der Waals surface area contributed by atoms with E-state index >= 15 is 0 Å². The van der Waals surface area contributed by atoms with Crippen LogP contribution in [0.2, 0.25) is 0 Å². The molecule has 3 atom stereocenters. The van der Waals surface area contributed by atoms with Crippen LogP contribution in [0.15, 0.2) is 0 Å². The summed E-state index contributed by atoms with van der Waals surface area (Å²) in [4.78, 5) is 0. The van der Waals surface area contributed by atoms with Gasteiger partial charge in [-0.05, 0) is 31.2 Å². The highest BCUT2D eigenvalue weighted by atomic mass is 16.5. The minimum atomic E-state index is 0.791. The fraction of sp³-hybridized carbons (Fsp3) is 1.00. The van der Waals surface area contributed by atoms with Gasteiger partial charge in [-0.15, -0.1) is 0 Å². The monoisotopic (exact) mass is 155 g/mol. The van der Waals surface area contributed by atoms with Crippen LogP contribution in [0.1, 0.15) is 19.8 Å². The Kier molecular flexibility index (Phi) is 2.14. The van der Waals surface area contributed by atoms with Crippen molar-refractivity contribution in [2.75, 3.05) is 19.8 Å². The third-order valence-corrected chi connectivity index (χ3v) is 3.00. The Hall–Kier alpha value is -0.0800. The van der Waals surface area contributed by atoms with Crippen molar-refractivity contribution in [3.05, 3.63) is 0 Å². The molecule has 0 radical (unpaired) electrons. The molecule has 0 spiro atoms. The third kappa shape index (κ3) is 1.42. The molecule has 1 saturated heterocycles. The molecule has 0 amide bonds. The molecule has 2 rings (SSSR count). The van der Waals surface area contributed by atoms with Gasteiger partial charge in [0.1, 0.15) is 0 Å². The molecule has 11 heavy (non-hydrogen) atoms. The molecule has 64 valence electrons. The van der Waals surface area contributed by atoms with Gasteiger partial charge in [-0.3, -0.25) is 0 Å². The summed E-state index contributed by atoms with van der Waals surface area (Å²) >= 11 is 0. The molecule has 2 aliphatic rings. The summed E-state index contributed by atoms with van der Waals surface area (Å²) in [5, 5.41) is 3.52. The van der Waals surface area contributed by atoms with E-state index in [1.165, 1.54) is 12.8 Å². The van der Waals surface area contributed by atoms with Crippen LogP contribution in [0.25, 0.3) is 0 Å². The van der Waals surface area contributed by atoms with Gasteiger partial charge in [0.2, 0.25) is 0 Å². The molecule has 0 bridgehead atoms. The summed E-state index contributed by atoms with van der Waals surface area (Å²) in [6.07, 6.45) is 2.69. The van der Waals surface area contributed by atoms with Crippen molar-refractivity contribution in [2.24, 2.45) is 11.8 Å². The molecule has 2 fully saturated rings. The number of nitrogens with one attached hydrogen (secondary N) is 1. The highest BCUT2D eigenvalue weighted by molar-refractivity contribution is 4.89. The first-order valence-corrected chi connectivity index (χ1v) is 4.71. The molecule has 0 aromatic heterocycles. The number of ether oxygens (including phenoxy) is 1. The van der Waals surface area contributed by atoms with Gasteiger partial charge < -0.3 is 10.1 Å². The van der Waals surface area contributed by atoms with E-state index < -0.39 is 0 Å². The van der Waals surface area contributed by atoms with Crippen molar-refractivity contribution in [2.45, 2.75) is 25.8 Å². The normalized spacial score (nSPS) is 42.8. The lowest BCUT2D eigenvalue weighted by Gasteiger charge is -2.10. The zero-order chi connectivity index (χ0) is 7.68. The fourth-order valence-corrected chi connectivity index (χ4v) is 2.45. The van der Waals surface area contributed by atoms with E-state index in [-0.39, 0.29) is 0 Å². The van der Waals surface area contributed by atoms with E-state index in [1.54, 1.807) is 0 Å². The average Bonchev–Trinajstić information content (AvgIpc) is 2.46. The molecule has 1 saturated carbocycles. The predicted octanol–water partition coefficient (Wildman–Crippen LogP) is 1.02. The number of rotatable bonds is 2. The maximum absolute atomic E-state index is 5.41. The van der Waals surface area contributed by atoms with E-state index in [0.717, 1.165) is 37.6 Å². The van der Waals surface area contributed by atoms with Gasteiger partial charge >= 0.3 is 0 Å². The second-order valence-electron chi connectivity index (χ2n) is 3.78. The number of hydrogen-bond acceptors (Lipinski definition) is 2. The van der Waals surface area contributed by atoms with Gasteiger partial charge in [-0.2, -0.15) is 0 Å². The number of hydrogen-bond donors (Lipinski definition) is 1. The van der Waals surface area contributed by atoms with Crippen LogP contribution in [0, 0.1) is 11.8 Å². The second-order valence-corrected chi connectivity index (χ2v) is 3.78. The van der Waals surface area contributed by atoms with Crippen molar-refractivity contribution in [1.29, 1.82) is 0 Å². The Balaban J connectivity index is 1.84. The molecule has 1 N–H and O–H groups in total. The van der Waals surface area contributed by atoms with Crippen molar-refractivity contribution in [1.82, 2.24) is 5.32 Å². The molecule has 2 heteroatoms. The van der Waals surface area contributed by atoms with Crippen LogP contribution < -0.4 is 5.32 Å². The van der Waals surface area contributed by atoms with Gasteiger partial charge in [0, 0.05) is 19.3 Å². The van der Waals surface area contributed by atoms with Crippen LogP contribution >= 0.6 is 0 Å². The second kappa shape index (κ2) is 3.11. The average molecular weight is 155 g/mol. The van der Waals surface area contributed by atoms with Gasteiger partial charge in [0.05, 0.1) is 0 Å². The van der Waals surface area contributed by atoms with Gasteiger partial charge in [0.15, 0.2) is 0 Å². The summed E-state index contributed by atoms with van der Waals surface area (Å²) in [6.45, 7) is 5.34. The Labute approximate surface area is 68.3 Å². The van der Waals surface area contributed by atoms with Gasteiger partial charge in [-0.1, -0.05) is 6.92 Å². The van der Waals surface area contributed by atoms with Crippen LogP contribution in [0.3, 0.4) is 0 Å². The van der Waals surface area contributed by atoms with Gasteiger partial charge in [0.25, 0.3) is 0 Å². The highest BCUT2D eigenvalue weighted by Gasteiger charge is 2.37. The summed E-state index contributed by atoms with van der Waals surface area (Å²) in [7, 11) is 0. The first-order valence-electron chi connectivity index (χ1n) is 4.71. The van der Waals surface area contributed by atoms with E-state index in [2.05, 4.69) is 12.2 Å². The first kappa shape index (κ1) is 7.56. The molecule has 0 aromatic rings. The Bertz CT molecular complexity index is 126. The van der Waals surface area contributed by atoms with Crippen molar-refractivity contribution in [3.8, 4) is 0 Å². The summed E-state index contributed by atoms with van der Waals surface area (Å²) in [5.41, 5.74) is 0. The van der Waals surface area contributed by atoms with Crippen LogP contribution in [-0.4, -0.2) is 25.8 Å². The Morgan fingerprint density at radius 2 is 1.91 bits per heavy atom. The maximum Gasteiger partial charge on any atom is 0.0498 e. The zero-order valence-corrected chi connectivity index (χ0v) is 7.18. The summed E-state index contributed by atoms with van der Waals surface area (Å²) < 4.78 is 5.41. The van der Waals surface area contributed by atoms with E-state index in [0.29, 0.717) is 0 Å². The minimum absolute atomic E-state index is 0.791. The molecule has 0 aromatic carbocycles. The first-order chi connectivity index (χ1) is 5.40. The Morgan fingerprint density at radius 1 is 1.27 bits per heavy atom. The smallest absolute Gasteiger partial charge is 0.0498 e. The lowest BCUT2D eigenvalue weighted by atomic mass is 10.0. The molecule has 1 aliphatic heterocycles. The Morgan fingerprint density at radius 3 is 2.45 bits per heavy atom. The molecular weight excluding hydrogens is 138 g/mol. The van der Waals surface area contributed by atoms with Crippen LogP contribution in [0.4, 0.5) is 0 Å². The fourth-order valence-electron chi connectivity index (χ4n) is 2.45. The van der Waals surface area contributed by atoms with Crippen LogP contribution in [0.5, 0.6) is 0 Å². The third-order valence-electron chi connectivity index (χ3n) is 3.00. The van der Waals surface area contributed by atoms with E-state index in [9.17, 15) is 0 Å². The lowest BCUT2D eigenvalue weighted by Crippen LogP contribution is -2.26. The van der Waals surface area contributed by atoms with Crippen molar-refractivity contribution >= 4 is 0 Å². The largest absolute Gasteiger partial charge is 0.381 e. The molecule has 1 heterocycles. The molecule has 1 aliphatic carbocycles. The van der Waals surface area contributed by atoms with Crippen LogP contribution in [-0.2, 0) is 4.74 Å². The van der Waals surface area contributed by atoms with Crippen molar-refractivity contribution < 1.29 is 4.74 Å². The highest BCUT2D eigenvalue weighted by Crippen LogP contribution is 2.36. The number of fused-ring (bicyclic) bond motifs is 1. The lowest BCUT2D eigenvalue weighted by molar-refractivity contribution is 0.169. The quantitative estimate of drug-likeness (QED) is 0.643. The standard InChI is InChI=1S/C9H17NO/c1-2-10-9-3-7-5-11-6-8(7)4-9/h7-10H,2-6H2,1H3/t7-,8+,9?. The topological polar surface area (TPSA) is 21.3 Å². The summed E-state index contributed by atoms with van der Waals surface area (Å²) in [6, 6.07) is 0.791. The minimum Gasteiger partial charge on any atom is -0.381 e. The van der Waals surface area contributed by atoms with E-state index in [1.807, 2.05) is 0 Å². The SMILES string of the molecule is CCNC1C[C@H]2COC[C@H]2C1. The molecule has 2 nitrogen and oxygen atoms in total. The molecule has 1 unspecified atom stereocenters.